The van der Waals surface area contributed by atoms with Gasteiger partial charge in [0, 0.05) is 26.2 Å². The van der Waals surface area contributed by atoms with E-state index in [1.165, 1.54) is 17.2 Å². The summed E-state index contributed by atoms with van der Waals surface area (Å²) in [5.41, 5.74) is 2.44. The normalized spacial score (nSPS) is 16.2. The van der Waals surface area contributed by atoms with Crippen molar-refractivity contribution in [3.05, 3.63) is 89.3 Å². The molecule has 1 atom stereocenters. The monoisotopic (exact) mass is 469 g/mol. The molecule has 1 N–H and O–H groups in total. The Morgan fingerprint density at radius 1 is 0.875 bits per heavy atom. The third kappa shape index (κ3) is 5.10. The number of thiophene rings is 1. The van der Waals surface area contributed by atoms with E-state index >= 15 is 0 Å². The summed E-state index contributed by atoms with van der Waals surface area (Å²) in [4.78, 5) is 17.1. The molecule has 1 aliphatic heterocycles. The van der Waals surface area contributed by atoms with Crippen LogP contribution in [-0.4, -0.2) is 56.3 Å². The Kier molecular flexibility index (Phi) is 7.05. The SMILES string of the molecule is CC(NS(=O)(=O)c1cccs1)C(=O)N1CCN(C(c2ccccc2)c2ccccc2)CC1. The fourth-order valence-corrected chi connectivity index (χ4v) is 6.32. The molecule has 1 aliphatic rings. The first-order valence-corrected chi connectivity index (χ1v) is 13.0. The summed E-state index contributed by atoms with van der Waals surface area (Å²) >= 11 is 1.14. The first-order chi connectivity index (χ1) is 15.5. The number of rotatable bonds is 7. The Labute approximate surface area is 193 Å². The minimum absolute atomic E-state index is 0.115. The van der Waals surface area contributed by atoms with Crippen molar-refractivity contribution in [3.8, 4) is 0 Å². The lowest BCUT2D eigenvalue weighted by molar-refractivity contribution is -0.134. The van der Waals surface area contributed by atoms with Gasteiger partial charge in [-0.05, 0) is 29.5 Å². The zero-order valence-electron chi connectivity index (χ0n) is 17.9. The van der Waals surface area contributed by atoms with E-state index in [0.29, 0.717) is 26.2 Å². The first kappa shape index (κ1) is 22.7. The molecule has 6 nitrogen and oxygen atoms in total. The number of piperazine rings is 1. The lowest BCUT2D eigenvalue weighted by Gasteiger charge is -2.40. The van der Waals surface area contributed by atoms with Gasteiger partial charge < -0.3 is 4.90 Å². The zero-order chi connectivity index (χ0) is 22.6. The van der Waals surface area contributed by atoms with Crippen LogP contribution in [-0.2, 0) is 14.8 Å². The van der Waals surface area contributed by atoms with Gasteiger partial charge in [0.1, 0.15) is 4.21 Å². The molecule has 168 valence electrons. The van der Waals surface area contributed by atoms with E-state index in [1.54, 1.807) is 23.3 Å². The van der Waals surface area contributed by atoms with E-state index in [0.717, 1.165) is 11.3 Å². The van der Waals surface area contributed by atoms with E-state index in [4.69, 9.17) is 0 Å². The second-order valence-electron chi connectivity index (χ2n) is 7.86. The molecular weight excluding hydrogens is 442 g/mol. The van der Waals surface area contributed by atoms with Crippen molar-refractivity contribution < 1.29 is 13.2 Å². The van der Waals surface area contributed by atoms with Crippen molar-refractivity contribution >= 4 is 27.3 Å². The molecule has 8 heteroatoms. The Morgan fingerprint density at radius 2 is 1.44 bits per heavy atom. The quantitative estimate of drug-likeness (QED) is 0.576. The number of hydrogen-bond donors (Lipinski definition) is 1. The second kappa shape index (κ2) is 9.95. The van der Waals surface area contributed by atoms with Crippen molar-refractivity contribution in [2.75, 3.05) is 26.2 Å². The lowest BCUT2D eigenvalue weighted by Crippen LogP contribution is -2.54. The van der Waals surface area contributed by atoms with Crippen molar-refractivity contribution in [1.82, 2.24) is 14.5 Å². The van der Waals surface area contributed by atoms with Gasteiger partial charge in [-0.15, -0.1) is 11.3 Å². The van der Waals surface area contributed by atoms with Crippen molar-refractivity contribution in [2.45, 2.75) is 23.2 Å². The molecule has 32 heavy (non-hydrogen) atoms. The van der Waals surface area contributed by atoms with Crippen molar-refractivity contribution in [3.63, 3.8) is 0 Å². The fourth-order valence-electron chi connectivity index (χ4n) is 4.12. The summed E-state index contributed by atoms with van der Waals surface area (Å²) < 4.78 is 27.7. The highest BCUT2D eigenvalue weighted by atomic mass is 32.2. The van der Waals surface area contributed by atoms with E-state index in [9.17, 15) is 13.2 Å². The molecule has 2 aromatic carbocycles. The van der Waals surface area contributed by atoms with Gasteiger partial charge >= 0.3 is 0 Å². The number of nitrogens with one attached hydrogen (secondary N) is 1. The molecule has 1 amide bonds. The van der Waals surface area contributed by atoms with Gasteiger partial charge in [-0.25, -0.2) is 8.42 Å². The van der Waals surface area contributed by atoms with Crippen LogP contribution in [0.3, 0.4) is 0 Å². The number of carbonyl (C=O) groups is 1. The predicted molar refractivity (Wildman–Crippen MR) is 127 cm³/mol. The molecule has 1 saturated heterocycles. The summed E-state index contributed by atoms with van der Waals surface area (Å²) in [5, 5.41) is 1.70. The van der Waals surface area contributed by atoms with Gasteiger partial charge in [0.05, 0.1) is 12.1 Å². The maximum Gasteiger partial charge on any atom is 0.250 e. The van der Waals surface area contributed by atoms with Gasteiger partial charge in [0.2, 0.25) is 5.91 Å². The molecule has 0 radical (unpaired) electrons. The first-order valence-electron chi connectivity index (χ1n) is 10.6. The molecule has 0 aliphatic carbocycles. The average molecular weight is 470 g/mol. The van der Waals surface area contributed by atoms with Gasteiger partial charge in [0.25, 0.3) is 10.0 Å². The molecule has 1 fully saturated rings. The van der Waals surface area contributed by atoms with Gasteiger partial charge in [0.15, 0.2) is 0 Å². The second-order valence-corrected chi connectivity index (χ2v) is 10.7. The molecule has 1 aromatic heterocycles. The minimum Gasteiger partial charge on any atom is -0.339 e. The smallest absolute Gasteiger partial charge is 0.250 e. The van der Waals surface area contributed by atoms with Crippen LogP contribution >= 0.6 is 11.3 Å². The Bertz CT molecular complexity index is 1070. The standard InChI is InChI=1S/C24H27N3O3S2/c1-19(25-32(29,30)22-13-8-18-31-22)24(28)27-16-14-26(15-17-27)23(20-9-4-2-5-10-20)21-11-6-3-7-12-21/h2-13,18-19,23,25H,14-17H2,1H3. The minimum atomic E-state index is -3.69. The Balaban J connectivity index is 1.43. The lowest BCUT2D eigenvalue weighted by atomic mass is 9.96. The van der Waals surface area contributed by atoms with E-state index in [1.807, 2.05) is 36.4 Å². The van der Waals surface area contributed by atoms with Crippen LogP contribution in [0.1, 0.15) is 24.1 Å². The summed E-state index contributed by atoms with van der Waals surface area (Å²) in [6.07, 6.45) is 0. The van der Waals surface area contributed by atoms with Gasteiger partial charge in [-0.2, -0.15) is 4.72 Å². The molecule has 2 heterocycles. The highest BCUT2D eigenvalue weighted by molar-refractivity contribution is 7.91. The third-order valence-electron chi connectivity index (χ3n) is 5.68. The van der Waals surface area contributed by atoms with E-state index in [-0.39, 0.29) is 16.2 Å². The highest BCUT2D eigenvalue weighted by Crippen LogP contribution is 2.29. The van der Waals surface area contributed by atoms with Crippen molar-refractivity contribution in [1.29, 1.82) is 0 Å². The highest BCUT2D eigenvalue weighted by Gasteiger charge is 2.31. The summed E-state index contributed by atoms with van der Waals surface area (Å²) in [6, 6.07) is 23.3. The Hall–Kier alpha value is -2.52. The maximum absolute atomic E-state index is 12.9. The number of carbonyl (C=O) groups excluding carboxylic acids is 1. The fraction of sp³-hybridized carbons (Fsp3) is 0.292. The van der Waals surface area contributed by atoms with Crippen LogP contribution in [0.4, 0.5) is 0 Å². The molecule has 0 saturated carbocycles. The van der Waals surface area contributed by atoms with E-state index < -0.39 is 16.1 Å². The Morgan fingerprint density at radius 3 is 1.94 bits per heavy atom. The molecule has 0 bridgehead atoms. The molecular formula is C24H27N3O3S2. The number of amides is 1. The van der Waals surface area contributed by atoms with Crippen LogP contribution in [0.2, 0.25) is 0 Å². The van der Waals surface area contributed by atoms with Crippen LogP contribution in [0.25, 0.3) is 0 Å². The topological polar surface area (TPSA) is 69.7 Å². The van der Waals surface area contributed by atoms with Crippen LogP contribution in [0.15, 0.2) is 82.4 Å². The number of nitrogens with zero attached hydrogens (tertiary/aromatic N) is 2. The molecule has 1 unspecified atom stereocenters. The maximum atomic E-state index is 12.9. The molecule has 0 spiro atoms. The van der Waals surface area contributed by atoms with Crippen LogP contribution < -0.4 is 4.72 Å². The van der Waals surface area contributed by atoms with Crippen LogP contribution in [0.5, 0.6) is 0 Å². The van der Waals surface area contributed by atoms with Crippen LogP contribution in [0, 0.1) is 0 Å². The summed E-state index contributed by atoms with van der Waals surface area (Å²) in [7, 11) is -3.69. The van der Waals surface area contributed by atoms with E-state index in [2.05, 4.69) is 33.9 Å². The zero-order valence-corrected chi connectivity index (χ0v) is 19.6. The predicted octanol–water partition coefficient (Wildman–Crippen LogP) is 3.35. The summed E-state index contributed by atoms with van der Waals surface area (Å²) in [6.45, 7) is 4.14. The number of sulfonamides is 1. The number of hydrogen-bond acceptors (Lipinski definition) is 5. The summed E-state index contributed by atoms with van der Waals surface area (Å²) in [5.74, 6) is -0.194. The molecule has 3 aromatic rings. The molecule has 4 rings (SSSR count). The number of benzene rings is 2. The average Bonchev–Trinajstić information content (AvgIpc) is 3.37. The largest absolute Gasteiger partial charge is 0.339 e. The van der Waals surface area contributed by atoms with Gasteiger partial charge in [-0.1, -0.05) is 66.7 Å². The van der Waals surface area contributed by atoms with Crippen molar-refractivity contribution in [2.24, 2.45) is 0 Å². The van der Waals surface area contributed by atoms with Gasteiger partial charge in [-0.3, -0.25) is 9.69 Å². The third-order valence-corrected chi connectivity index (χ3v) is 8.62.